The minimum absolute atomic E-state index is 0.0738. The summed E-state index contributed by atoms with van der Waals surface area (Å²) in [5.41, 5.74) is 5.13. The van der Waals surface area contributed by atoms with E-state index in [0.29, 0.717) is 40.5 Å². The molecule has 2 amide bonds. The molecule has 0 radical (unpaired) electrons. The molecule has 9 atom stereocenters. The lowest BCUT2D eigenvalue weighted by Gasteiger charge is -2.72. The molecule has 5 fully saturated rings. The first kappa shape index (κ1) is 26.1. The number of allylic oxidation sites excluding steroid dienone is 1. The van der Waals surface area contributed by atoms with Crippen molar-refractivity contribution < 1.29 is 4.79 Å². The molecular weight excluding hydrogens is 480 g/mol. The molecule has 0 saturated heterocycles. The summed E-state index contributed by atoms with van der Waals surface area (Å²) in [4.78, 5) is 13.2. The third-order valence-corrected chi connectivity index (χ3v) is 14.4. The molecule has 5 saturated carbocycles. The Hall–Kier alpha value is -1.78. The van der Waals surface area contributed by atoms with Crippen LogP contribution >= 0.6 is 0 Å². The number of amides is 2. The lowest BCUT2D eigenvalue weighted by molar-refractivity contribution is -0.218. The molecule has 0 unspecified atom stereocenters. The number of nitrogens with one attached hydrogen (secondary N) is 3. The monoisotopic (exact) mass is 532 g/mol. The molecule has 5 nitrogen and oxygen atoms in total. The maximum atomic E-state index is 13.2. The van der Waals surface area contributed by atoms with Crippen LogP contribution in [0.15, 0.2) is 18.3 Å². The van der Waals surface area contributed by atoms with Crippen molar-refractivity contribution >= 4 is 6.03 Å². The van der Waals surface area contributed by atoms with Gasteiger partial charge in [0.15, 0.2) is 0 Å². The maximum Gasteiger partial charge on any atom is 0.315 e. The van der Waals surface area contributed by atoms with E-state index in [0.717, 1.165) is 31.6 Å². The smallest absolute Gasteiger partial charge is 0.315 e. The van der Waals surface area contributed by atoms with Crippen molar-refractivity contribution in [1.82, 2.24) is 20.8 Å². The van der Waals surface area contributed by atoms with E-state index >= 15 is 0 Å². The molecule has 0 spiro atoms. The van der Waals surface area contributed by atoms with Crippen LogP contribution in [0.2, 0.25) is 0 Å². The summed E-state index contributed by atoms with van der Waals surface area (Å²) < 4.78 is 0. The highest BCUT2D eigenvalue weighted by molar-refractivity contribution is 5.75. The fraction of sp³-hybridized carbons (Fsp3) is 0.824. The second-order valence-electron chi connectivity index (χ2n) is 16.4. The van der Waals surface area contributed by atoms with Gasteiger partial charge in [0, 0.05) is 22.7 Å². The maximum absolute atomic E-state index is 13.2. The van der Waals surface area contributed by atoms with Crippen molar-refractivity contribution in [3.63, 3.8) is 0 Å². The number of rotatable bonds is 3. The van der Waals surface area contributed by atoms with E-state index in [4.69, 9.17) is 0 Å². The zero-order chi connectivity index (χ0) is 27.6. The van der Waals surface area contributed by atoms with Crippen molar-refractivity contribution in [2.45, 2.75) is 129 Å². The second kappa shape index (κ2) is 8.16. The van der Waals surface area contributed by atoms with E-state index in [1.807, 2.05) is 0 Å². The van der Waals surface area contributed by atoms with Gasteiger partial charge in [-0.1, -0.05) is 46.8 Å². The average molecular weight is 533 g/mol. The summed E-state index contributed by atoms with van der Waals surface area (Å²) in [5.74, 6) is 3.06. The van der Waals surface area contributed by atoms with Gasteiger partial charge in [-0.2, -0.15) is 5.10 Å². The van der Waals surface area contributed by atoms with Crippen molar-refractivity contribution in [2.75, 3.05) is 0 Å². The minimum Gasteiger partial charge on any atom is -0.335 e. The van der Waals surface area contributed by atoms with Crippen LogP contribution in [-0.2, 0) is 11.8 Å². The zero-order valence-electron chi connectivity index (χ0n) is 25.4. The molecule has 3 N–H and O–H groups in total. The van der Waals surface area contributed by atoms with E-state index in [1.165, 1.54) is 61.8 Å². The highest BCUT2D eigenvalue weighted by Crippen LogP contribution is 2.76. The van der Waals surface area contributed by atoms with Gasteiger partial charge in [0.05, 0.1) is 6.20 Å². The Kier molecular flexibility index (Phi) is 5.47. The molecule has 1 heterocycles. The second-order valence-corrected chi connectivity index (χ2v) is 16.4. The largest absolute Gasteiger partial charge is 0.335 e. The van der Waals surface area contributed by atoms with Gasteiger partial charge in [0.25, 0.3) is 0 Å². The number of fused-ring (bicyclic) bond motifs is 8. The predicted octanol–water partition coefficient (Wildman–Crippen LogP) is 7.30. The number of aromatic amines is 1. The Morgan fingerprint density at radius 3 is 2.44 bits per heavy atom. The van der Waals surface area contributed by atoms with Crippen LogP contribution in [0.5, 0.6) is 0 Å². The Bertz CT molecular complexity index is 1200. The Morgan fingerprint density at radius 1 is 0.949 bits per heavy atom. The summed E-state index contributed by atoms with van der Waals surface area (Å²) in [6.45, 7) is 19.8. The average Bonchev–Trinajstić information content (AvgIpc) is 3.38. The number of hydrogen-bond donors (Lipinski definition) is 3. The Labute approximate surface area is 236 Å². The predicted molar refractivity (Wildman–Crippen MR) is 156 cm³/mol. The number of nitrogens with zero attached hydrogens (tertiary/aromatic N) is 1. The van der Waals surface area contributed by atoms with E-state index in [-0.39, 0.29) is 22.4 Å². The van der Waals surface area contributed by atoms with Gasteiger partial charge in [-0.3, -0.25) is 5.10 Å². The van der Waals surface area contributed by atoms with Crippen LogP contribution in [0.3, 0.4) is 0 Å². The lowest BCUT2D eigenvalue weighted by atomic mass is 9.33. The molecule has 5 heteroatoms. The molecule has 0 aliphatic heterocycles. The molecule has 1 aromatic rings. The van der Waals surface area contributed by atoms with E-state index < -0.39 is 0 Å². The fourth-order valence-electron chi connectivity index (χ4n) is 12.4. The quantitative estimate of drug-likeness (QED) is 0.358. The highest BCUT2D eigenvalue weighted by atomic mass is 16.2. The molecular formula is C34H52N4O. The highest BCUT2D eigenvalue weighted by Gasteiger charge is 2.71. The topological polar surface area (TPSA) is 69.8 Å². The summed E-state index contributed by atoms with van der Waals surface area (Å²) in [7, 11) is 0. The number of hydrogen-bond acceptors (Lipinski definition) is 2. The number of aromatic nitrogens is 2. The molecule has 39 heavy (non-hydrogen) atoms. The molecule has 7 rings (SSSR count). The number of H-pyrrole nitrogens is 1. The summed E-state index contributed by atoms with van der Waals surface area (Å²) in [6, 6.07) is 0.481. The summed E-state index contributed by atoms with van der Waals surface area (Å²) in [5, 5.41) is 14.9. The van der Waals surface area contributed by atoms with Gasteiger partial charge < -0.3 is 10.6 Å². The van der Waals surface area contributed by atoms with E-state index in [1.54, 1.807) is 0 Å². The number of carbonyl (C=O) groups is 1. The van der Waals surface area contributed by atoms with Crippen molar-refractivity contribution in [1.29, 1.82) is 0 Å². The third kappa shape index (κ3) is 3.37. The lowest BCUT2D eigenvalue weighted by Crippen LogP contribution is -2.69. The van der Waals surface area contributed by atoms with Crippen LogP contribution in [0.1, 0.15) is 117 Å². The van der Waals surface area contributed by atoms with Crippen molar-refractivity contribution in [3.05, 3.63) is 29.6 Å². The van der Waals surface area contributed by atoms with Gasteiger partial charge in [-0.15, -0.1) is 0 Å². The van der Waals surface area contributed by atoms with E-state index in [2.05, 4.69) is 75.1 Å². The Morgan fingerprint density at radius 2 is 1.72 bits per heavy atom. The van der Waals surface area contributed by atoms with Crippen LogP contribution < -0.4 is 10.6 Å². The molecule has 214 valence electrons. The fourth-order valence-corrected chi connectivity index (χ4v) is 12.4. The summed E-state index contributed by atoms with van der Waals surface area (Å²) >= 11 is 0. The van der Waals surface area contributed by atoms with Crippen LogP contribution in [0, 0.1) is 45.8 Å². The van der Waals surface area contributed by atoms with Gasteiger partial charge >= 0.3 is 6.03 Å². The van der Waals surface area contributed by atoms with Gasteiger partial charge in [-0.05, 0) is 129 Å². The van der Waals surface area contributed by atoms with Gasteiger partial charge in [-0.25, -0.2) is 4.79 Å². The van der Waals surface area contributed by atoms with Crippen LogP contribution in [0.4, 0.5) is 4.79 Å². The number of urea groups is 1. The zero-order valence-corrected chi connectivity index (χ0v) is 25.4. The minimum atomic E-state index is -0.0738. The molecule has 0 bridgehead atoms. The van der Waals surface area contributed by atoms with Crippen molar-refractivity contribution in [3.8, 4) is 0 Å². The molecule has 6 aliphatic rings. The Balaban J connectivity index is 1.25. The first-order chi connectivity index (χ1) is 18.4. The first-order valence-corrected chi connectivity index (χ1v) is 16.1. The third-order valence-electron chi connectivity index (χ3n) is 14.4. The number of carbonyl (C=O) groups excluding carboxylic acids is 1. The first-order valence-electron chi connectivity index (χ1n) is 16.1. The molecule has 1 aromatic heterocycles. The molecule has 6 aliphatic carbocycles. The van der Waals surface area contributed by atoms with Gasteiger partial charge in [0.2, 0.25) is 0 Å². The van der Waals surface area contributed by atoms with E-state index in [9.17, 15) is 4.79 Å². The molecule has 0 aromatic carbocycles. The van der Waals surface area contributed by atoms with Gasteiger partial charge in [0.1, 0.15) is 0 Å². The SMILES string of the molecule is C=C(C)[C@@H]1CC[C@]2(NC(=O)NC3CC3)CC[C@]3(C)[C@H](CC[C@@H]4[C@@]5(C)Cc6cn[nH]c6C(C)(C)[C@@H]5CC[C@]43C)[C@@H]12. The standard InChI is InChI=1S/C34H52N4O/c1-20(2)23-12-15-34(37-29(39)36-22-8-9-22)17-16-32(6)24(27(23)34)10-11-26-31(5)18-21-19-35-38-28(21)30(3,4)25(31)13-14-33(26,32)7/h19,22-27H,1,8-18H2,2-7H3,(H,35,38)(H2,36,37,39)/t23-,24+,25-,26+,27+,31-,32+,33+,34-/m0/s1. The summed E-state index contributed by atoms with van der Waals surface area (Å²) in [6.07, 6.45) is 15.4. The van der Waals surface area contributed by atoms with Crippen LogP contribution in [-0.4, -0.2) is 27.8 Å². The van der Waals surface area contributed by atoms with Crippen LogP contribution in [0.25, 0.3) is 0 Å². The van der Waals surface area contributed by atoms with Crippen molar-refractivity contribution in [2.24, 2.45) is 45.8 Å². The normalized spacial score (nSPS) is 47.6.